The minimum Gasteiger partial charge on any atom is -0.496 e. The molecule has 4 N–H and O–H groups in total. The van der Waals surface area contributed by atoms with Gasteiger partial charge in [-0.2, -0.15) is 0 Å². The Labute approximate surface area is 219 Å². The van der Waals surface area contributed by atoms with Crippen LogP contribution in [0.2, 0.25) is 0 Å². The molecule has 37 heavy (non-hydrogen) atoms. The summed E-state index contributed by atoms with van der Waals surface area (Å²) >= 11 is 0. The third-order valence-electron chi connectivity index (χ3n) is 8.08. The summed E-state index contributed by atoms with van der Waals surface area (Å²) in [5, 5.41) is 18.6. The zero-order valence-electron chi connectivity index (χ0n) is 22.1. The second-order valence-corrected chi connectivity index (χ2v) is 9.81. The molecule has 2 heterocycles. The zero-order chi connectivity index (χ0) is 26.6. The second kappa shape index (κ2) is 11.4. The van der Waals surface area contributed by atoms with Crippen LogP contribution in [-0.4, -0.2) is 62.0 Å². The maximum Gasteiger partial charge on any atom is 0.233 e. The molecule has 1 spiro atoms. The largest absolute Gasteiger partial charge is 0.496 e. The fraction of sp³-hybridized carbons (Fsp3) is 0.448. The number of nitrogens with two attached hydrogens (primary N) is 1. The van der Waals surface area contributed by atoms with Gasteiger partial charge in [-0.25, -0.2) is 0 Å². The summed E-state index contributed by atoms with van der Waals surface area (Å²) in [7, 11) is 1.58. The summed E-state index contributed by atoms with van der Waals surface area (Å²) in [6.45, 7) is 8.17. The molecule has 198 valence electrons. The number of carbonyl (C=O) groups is 1. The Bertz CT molecular complexity index is 1130. The summed E-state index contributed by atoms with van der Waals surface area (Å²) in [5.41, 5.74) is 9.37. The molecular formula is C29H39N5O3. The van der Waals surface area contributed by atoms with E-state index in [1.165, 1.54) is 12.4 Å². The SMILES string of the molecule is CCN(CC)c1ccc(C(O)N2CCC3(CCN(c4ccc(/C(C=N)=C/N)c(OC)c4)C3=O)CC2)cc1. The quantitative estimate of drug-likeness (QED) is 0.445. The number of ether oxygens (including phenoxy) is 1. The number of benzene rings is 2. The molecule has 0 bridgehead atoms. The zero-order valence-corrected chi connectivity index (χ0v) is 22.1. The van der Waals surface area contributed by atoms with Crippen LogP contribution < -0.4 is 20.3 Å². The molecule has 2 fully saturated rings. The lowest BCUT2D eigenvalue weighted by Crippen LogP contribution is -2.45. The number of rotatable bonds is 9. The number of amides is 1. The highest BCUT2D eigenvalue weighted by Crippen LogP contribution is 2.45. The average Bonchev–Trinajstić information content (AvgIpc) is 3.25. The second-order valence-electron chi connectivity index (χ2n) is 9.81. The molecule has 2 aliphatic rings. The Hall–Kier alpha value is -3.36. The van der Waals surface area contributed by atoms with E-state index in [1.807, 2.05) is 35.2 Å². The number of piperidine rings is 1. The van der Waals surface area contributed by atoms with Crippen molar-refractivity contribution in [3.63, 3.8) is 0 Å². The maximum absolute atomic E-state index is 13.7. The van der Waals surface area contributed by atoms with Gasteiger partial charge in [0.05, 0.1) is 12.5 Å². The first-order valence-electron chi connectivity index (χ1n) is 13.1. The van der Waals surface area contributed by atoms with E-state index in [-0.39, 0.29) is 5.91 Å². The van der Waals surface area contributed by atoms with E-state index >= 15 is 0 Å². The highest BCUT2D eigenvalue weighted by molar-refractivity contribution is 6.09. The maximum atomic E-state index is 13.7. The molecule has 0 radical (unpaired) electrons. The summed E-state index contributed by atoms with van der Waals surface area (Å²) in [4.78, 5) is 19.9. The molecule has 2 aliphatic heterocycles. The lowest BCUT2D eigenvalue weighted by atomic mass is 9.77. The molecule has 1 unspecified atom stereocenters. The summed E-state index contributed by atoms with van der Waals surface area (Å²) in [6.07, 6.45) is 4.13. The molecule has 2 aromatic carbocycles. The topological polar surface area (TPSA) is 106 Å². The predicted molar refractivity (Wildman–Crippen MR) is 149 cm³/mol. The summed E-state index contributed by atoms with van der Waals surface area (Å²) in [5.74, 6) is 0.720. The molecule has 0 aliphatic carbocycles. The van der Waals surface area contributed by atoms with Crippen LogP contribution in [0.1, 0.15) is 50.5 Å². The van der Waals surface area contributed by atoms with E-state index in [1.54, 1.807) is 7.11 Å². The average molecular weight is 506 g/mol. The van der Waals surface area contributed by atoms with Crippen molar-refractivity contribution in [3.8, 4) is 5.75 Å². The van der Waals surface area contributed by atoms with Gasteiger partial charge in [-0.05, 0) is 62.9 Å². The Morgan fingerprint density at radius 2 is 1.78 bits per heavy atom. The van der Waals surface area contributed by atoms with Gasteiger partial charge in [-0.1, -0.05) is 12.1 Å². The number of hydrogen-bond donors (Lipinski definition) is 3. The monoisotopic (exact) mass is 505 g/mol. The number of aliphatic hydroxyl groups excluding tert-OH is 1. The number of nitrogens with one attached hydrogen (secondary N) is 1. The molecule has 1 atom stereocenters. The fourth-order valence-electron chi connectivity index (χ4n) is 5.69. The van der Waals surface area contributed by atoms with Gasteiger partial charge >= 0.3 is 0 Å². The Morgan fingerprint density at radius 1 is 1.14 bits per heavy atom. The minimum atomic E-state index is -0.675. The van der Waals surface area contributed by atoms with Gasteiger partial charge in [-0.15, -0.1) is 0 Å². The normalized spacial score (nSPS) is 18.8. The van der Waals surface area contributed by atoms with E-state index in [2.05, 4.69) is 35.8 Å². The van der Waals surface area contributed by atoms with Gasteiger partial charge in [0.25, 0.3) is 0 Å². The molecule has 8 nitrogen and oxygen atoms in total. The number of aliphatic hydroxyl groups is 1. The van der Waals surface area contributed by atoms with Crippen LogP contribution in [-0.2, 0) is 4.79 Å². The first-order chi connectivity index (χ1) is 17.9. The van der Waals surface area contributed by atoms with Gasteiger partial charge < -0.3 is 30.8 Å². The number of methoxy groups -OCH3 is 1. The van der Waals surface area contributed by atoms with Crippen LogP contribution in [0.5, 0.6) is 5.75 Å². The van der Waals surface area contributed by atoms with Gasteiger partial charge in [0.2, 0.25) is 5.91 Å². The van der Waals surface area contributed by atoms with Crippen molar-refractivity contribution in [3.05, 3.63) is 59.8 Å². The first-order valence-corrected chi connectivity index (χ1v) is 13.1. The smallest absolute Gasteiger partial charge is 0.233 e. The van der Waals surface area contributed by atoms with E-state index < -0.39 is 11.6 Å². The fourth-order valence-corrected chi connectivity index (χ4v) is 5.69. The highest BCUT2D eigenvalue weighted by atomic mass is 16.5. The Kier molecular flexibility index (Phi) is 8.19. The van der Waals surface area contributed by atoms with Crippen molar-refractivity contribution in [2.24, 2.45) is 11.1 Å². The van der Waals surface area contributed by atoms with E-state index in [4.69, 9.17) is 15.9 Å². The number of hydrogen-bond acceptors (Lipinski definition) is 7. The molecule has 1 amide bonds. The summed E-state index contributed by atoms with van der Waals surface area (Å²) < 4.78 is 5.54. The Balaban J connectivity index is 1.43. The van der Waals surface area contributed by atoms with Crippen LogP contribution >= 0.6 is 0 Å². The predicted octanol–water partition coefficient (Wildman–Crippen LogP) is 4.00. The van der Waals surface area contributed by atoms with Crippen molar-refractivity contribution in [1.82, 2.24) is 4.90 Å². The Morgan fingerprint density at radius 3 is 2.35 bits per heavy atom. The van der Waals surface area contributed by atoms with Crippen LogP contribution in [0.3, 0.4) is 0 Å². The van der Waals surface area contributed by atoms with E-state index in [9.17, 15) is 9.90 Å². The number of nitrogens with zero attached hydrogens (tertiary/aromatic N) is 3. The number of allylic oxidation sites excluding steroid dienone is 1. The lowest BCUT2D eigenvalue weighted by molar-refractivity contribution is -0.130. The third-order valence-corrected chi connectivity index (χ3v) is 8.08. The summed E-state index contributed by atoms with van der Waals surface area (Å²) in [6, 6.07) is 13.7. The number of anilines is 2. The lowest BCUT2D eigenvalue weighted by Gasteiger charge is -2.40. The van der Waals surface area contributed by atoms with Crippen molar-refractivity contribution < 1.29 is 14.6 Å². The number of likely N-dealkylation sites (tertiary alicyclic amines) is 1. The van der Waals surface area contributed by atoms with E-state index in [0.717, 1.165) is 54.9 Å². The van der Waals surface area contributed by atoms with Crippen LogP contribution in [0, 0.1) is 10.8 Å². The van der Waals surface area contributed by atoms with Crippen molar-refractivity contribution in [2.45, 2.75) is 39.3 Å². The highest BCUT2D eigenvalue weighted by Gasteiger charge is 2.49. The molecule has 0 saturated carbocycles. The van der Waals surface area contributed by atoms with Crippen molar-refractivity contribution in [1.29, 1.82) is 5.41 Å². The molecule has 0 aromatic heterocycles. The molecular weight excluding hydrogens is 466 g/mol. The van der Waals surface area contributed by atoms with Crippen LogP contribution in [0.4, 0.5) is 11.4 Å². The van der Waals surface area contributed by atoms with Crippen molar-refractivity contribution in [2.75, 3.05) is 49.6 Å². The van der Waals surface area contributed by atoms with Gasteiger partial charge in [0.15, 0.2) is 0 Å². The van der Waals surface area contributed by atoms with Gasteiger partial charge in [0, 0.05) is 73.7 Å². The first kappa shape index (κ1) is 26.7. The van der Waals surface area contributed by atoms with Crippen LogP contribution in [0.15, 0.2) is 48.7 Å². The van der Waals surface area contributed by atoms with E-state index in [0.29, 0.717) is 31.0 Å². The molecule has 2 aromatic rings. The van der Waals surface area contributed by atoms with Gasteiger partial charge in [0.1, 0.15) is 12.0 Å². The number of carbonyl (C=O) groups excluding carboxylic acids is 1. The van der Waals surface area contributed by atoms with Crippen molar-refractivity contribution >= 4 is 29.1 Å². The standard InChI is InChI=1S/C29H39N5O3/c1-4-32(5-2)23-8-6-21(7-9-23)27(35)33-15-12-29(13-16-33)14-17-34(28(29)36)24-10-11-25(22(19-30)20-31)26(18-24)37-3/h6-11,18-20,27,30,35H,4-5,12-17,31H2,1-3H3/b22-20+,30-19?. The third kappa shape index (κ3) is 5.08. The van der Waals surface area contributed by atoms with Gasteiger partial charge in [-0.3, -0.25) is 9.69 Å². The van der Waals surface area contributed by atoms with Crippen LogP contribution in [0.25, 0.3) is 5.57 Å². The molecule has 4 rings (SSSR count). The molecule has 8 heteroatoms. The molecule has 2 saturated heterocycles. The minimum absolute atomic E-state index is 0.140.